The lowest BCUT2D eigenvalue weighted by atomic mass is 9.45. The highest BCUT2D eigenvalue weighted by atomic mass is 16.7. The number of aliphatic hydroxyl groups excluding tert-OH is 4. The fourth-order valence-electron chi connectivity index (χ4n) is 6.84. The van der Waals surface area contributed by atoms with Crippen LogP contribution in [0.1, 0.15) is 52.9 Å². The second kappa shape index (κ2) is 8.91. The molecule has 1 saturated heterocycles. The molecule has 0 unspecified atom stereocenters. The first-order chi connectivity index (χ1) is 15.9. The Kier molecular flexibility index (Phi) is 6.72. The largest absolute Gasteiger partial charge is 0.394 e. The molecule has 4 rings (SSSR count). The normalized spacial score (nSPS) is 49.1. The third-order valence-electron chi connectivity index (χ3n) is 9.29. The molecule has 0 aromatic rings. The number of hydrogen-bond acceptors (Lipinski definition) is 8. The van der Waals surface area contributed by atoms with Crippen molar-refractivity contribution < 1.29 is 39.5 Å². The third-order valence-corrected chi connectivity index (χ3v) is 9.29. The lowest BCUT2D eigenvalue weighted by Crippen LogP contribution is -2.61. The Labute approximate surface area is 200 Å². The fourth-order valence-corrected chi connectivity index (χ4v) is 6.84. The Balaban J connectivity index is 1.59. The van der Waals surface area contributed by atoms with Crippen LogP contribution >= 0.6 is 0 Å². The third kappa shape index (κ3) is 3.92. The standard InChI is InChI=1S/C26H38O8/c1-5-24(2)8-6-15-14(11-24)16(28)10-18-25(15,3)9-7-19(29)26(18,4)13-33-23-22(32)21(31)20(30)17(12-27)34-23/h5,11,15,17-18,20-23,27,30-32H,1,6-10,12-13H2,2-4H3/t15-,17+,18+,20+,21+,22-,23+,24+,25+,26+/m0/s1. The van der Waals surface area contributed by atoms with E-state index in [2.05, 4.69) is 26.5 Å². The van der Waals surface area contributed by atoms with E-state index in [0.29, 0.717) is 12.8 Å². The summed E-state index contributed by atoms with van der Waals surface area (Å²) in [6.45, 7) is 9.38. The Morgan fingerprint density at radius 2 is 1.85 bits per heavy atom. The topological polar surface area (TPSA) is 134 Å². The number of fused-ring (bicyclic) bond motifs is 3. The monoisotopic (exact) mass is 478 g/mol. The minimum atomic E-state index is -1.55. The minimum Gasteiger partial charge on any atom is -0.394 e. The summed E-state index contributed by atoms with van der Waals surface area (Å²) in [5.74, 6) is -0.110. The molecule has 190 valence electrons. The van der Waals surface area contributed by atoms with E-state index in [-0.39, 0.29) is 47.3 Å². The van der Waals surface area contributed by atoms with Gasteiger partial charge in [0.05, 0.1) is 18.6 Å². The number of carbonyl (C=O) groups is 2. The molecule has 1 heterocycles. The van der Waals surface area contributed by atoms with Crippen molar-refractivity contribution in [3.63, 3.8) is 0 Å². The van der Waals surface area contributed by atoms with Gasteiger partial charge >= 0.3 is 0 Å². The molecule has 0 radical (unpaired) electrons. The highest BCUT2D eigenvalue weighted by Gasteiger charge is 2.61. The molecule has 8 nitrogen and oxygen atoms in total. The molecular formula is C26H38O8. The van der Waals surface area contributed by atoms with Crippen molar-refractivity contribution in [3.8, 4) is 0 Å². The van der Waals surface area contributed by atoms with Gasteiger partial charge in [0.25, 0.3) is 0 Å². The number of ether oxygens (including phenoxy) is 2. The molecule has 1 aliphatic heterocycles. The average Bonchev–Trinajstić information content (AvgIpc) is 2.82. The van der Waals surface area contributed by atoms with Crippen molar-refractivity contribution in [3.05, 3.63) is 24.3 Å². The van der Waals surface area contributed by atoms with Gasteiger partial charge in [-0.25, -0.2) is 0 Å². The van der Waals surface area contributed by atoms with Crippen LogP contribution in [-0.2, 0) is 19.1 Å². The molecule has 4 aliphatic rings. The number of hydrogen-bond donors (Lipinski definition) is 4. The zero-order chi connectivity index (χ0) is 25.1. The average molecular weight is 479 g/mol. The van der Waals surface area contributed by atoms with Crippen LogP contribution in [-0.4, -0.2) is 75.9 Å². The molecular weight excluding hydrogens is 440 g/mol. The summed E-state index contributed by atoms with van der Waals surface area (Å²) in [6, 6.07) is 0. The molecule has 10 atom stereocenters. The maximum atomic E-state index is 13.3. The number of allylic oxidation sites excluding steroid dienone is 3. The highest BCUT2D eigenvalue weighted by Crippen LogP contribution is 2.62. The van der Waals surface area contributed by atoms with Crippen LogP contribution in [0.3, 0.4) is 0 Å². The van der Waals surface area contributed by atoms with Gasteiger partial charge in [-0.1, -0.05) is 32.9 Å². The van der Waals surface area contributed by atoms with Crippen LogP contribution in [0.5, 0.6) is 0 Å². The number of rotatable bonds is 5. The molecule has 0 spiro atoms. The van der Waals surface area contributed by atoms with Gasteiger partial charge in [0.1, 0.15) is 30.2 Å². The predicted molar refractivity (Wildman–Crippen MR) is 122 cm³/mol. The Hall–Kier alpha value is -1.42. The molecule has 0 aromatic carbocycles. The summed E-state index contributed by atoms with van der Waals surface area (Å²) in [7, 11) is 0. The first kappa shape index (κ1) is 25.7. The van der Waals surface area contributed by atoms with Gasteiger partial charge in [0, 0.05) is 18.3 Å². The van der Waals surface area contributed by atoms with Crippen molar-refractivity contribution in [1.82, 2.24) is 0 Å². The van der Waals surface area contributed by atoms with Crippen molar-refractivity contribution in [1.29, 1.82) is 0 Å². The summed E-state index contributed by atoms with van der Waals surface area (Å²) in [5.41, 5.74) is -0.584. The number of aliphatic hydroxyl groups is 4. The first-order valence-corrected chi connectivity index (χ1v) is 12.2. The van der Waals surface area contributed by atoms with Crippen molar-refractivity contribution in [2.75, 3.05) is 13.2 Å². The maximum absolute atomic E-state index is 13.3. The van der Waals surface area contributed by atoms with E-state index in [0.717, 1.165) is 18.4 Å². The smallest absolute Gasteiger partial charge is 0.186 e. The van der Waals surface area contributed by atoms with Crippen LogP contribution in [0.2, 0.25) is 0 Å². The quantitative estimate of drug-likeness (QED) is 0.435. The van der Waals surface area contributed by atoms with Crippen LogP contribution < -0.4 is 0 Å². The van der Waals surface area contributed by atoms with Gasteiger partial charge in [0.2, 0.25) is 0 Å². The molecule has 0 aromatic heterocycles. The van der Waals surface area contributed by atoms with Crippen molar-refractivity contribution in [2.24, 2.45) is 28.1 Å². The maximum Gasteiger partial charge on any atom is 0.186 e. The van der Waals surface area contributed by atoms with E-state index in [1.165, 1.54) is 0 Å². The van der Waals surface area contributed by atoms with E-state index < -0.39 is 42.7 Å². The minimum absolute atomic E-state index is 0.00605. The summed E-state index contributed by atoms with van der Waals surface area (Å²) in [6.07, 6.45) is 0.0689. The second-order valence-electron chi connectivity index (χ2n) is 11.4. The number of ketones is 2. The second-order valence-corrected chi connectivity index (χ2v) is 11.4. The van der Waals surface area contributed by atoms with Gasteiger partial charge in [-0.2, -0.15) is 0 Å². The van der Waals surface area contributed by atoms with Gasteiger partial charge in [-0.05, 0) is 42.1 Å². The summed E-state index contributed by atoms with van der Waals surface area (Å²) in [4.78, 5) is 26.6. The lowest BCUT2D eigenvalue weighted by Gasteiger charge is -2.58. The van der Waals surface area contributed by atoms with E-state index in [1.54, 1.807) is 0 Å². The summed E-state index contributed by atoms with van der Waals surface area (Å²) in [5, 5.41) is 39.9. The zero-order valence-corrected chi connectivity index (χ0v) is 20.3. The Bertz CT molecular complexity index is 882. The molecule has 4 N–H and O–H groups in total. The van der Waals surface area contributed by atoms with Gasteiger partial charge in [0.15, 0.2) is 12.1 Å². The van der Waals surface area contributed by atoms with Crippen LogP contribution in [0.4, 0.5) is 0 Å². The van der Waals surface area contributed by atoms with Gasteiger partial charge in [-0.15, -0.1) is 6.58 Å². The Morgan fingerprint density at radius 1 is 1.15 bits per heavy atom. The molecule has 8 heteroatoms. The zero-order valence-electron chi connectivity index (χ0n) is 20.3. The van der Waals surface area contributed by atoms with Crippen molar-refractivity contribution >= 4 is 11.6 Å². The highest BCUT2D eigenvalue weighted by molar-refractivity contribution is 5.99. The number of carbonyl (C=O) groups excluding carboxylic acids is 2. The fraction of sp³-hybridized carbons (Fsp3) is 0.769. The van der Waals surface area contributed by atoms with E-state index in [1.807, 2.05) is 13.0 Å². The summed E-state index contributed by atoms with van der Waals surface area (Å²) >= 11 is 0. The molecule has 2 saturated carbocycles. The number of Topliss-reactive ketones (excluding diaryl/α,β-unsaturated/α-hetero) is 2. The van der Waals surface area contributed by atoms with E-state index >= 15 is 0 Å². The molecule has 0 amide bonds. The summed E-state index contributed by atoms with van der Waals surface area (Å²) < 4.78 is 11.3. The lowest BCUT2D eigenvalue weighted by molar-refractivity contribution is -0.307. The van der Waals surface area contributed by atoms with Crippen LogP contribution in [0.25, 0.3) is 0 Å². The SMILES string of the molecule is C=C[C@@]1(C)C=C2C(=O)C[C@@H]3[C@](C)(CCC(=O)[C@]3(C)CO[C@@H]3O[C@H](CO)[C@@H](O)[C@@H](O)[C@@H]3O)[C@H]2CC1. The predicted octanol–water partition coefficient (Wildman–Crippen LogP) is 1.30. The van der Waals surface area contributed by atoms with E-state index in [9.17, 15) is 30.0 Å². The van der Waals surface area contributed by atoms with Crippen LogP contribution in [0, 0.1) is 28.1 Å². The molecule has 0 bridgehead atoms. The van der Waals surface area contributed by atoms with Crippen LogP contribution in [0.15, 0.2) is 24.3 Å². The first-order valence-electron chi connectivity index (χ1n) is 12.2. The van der Waals surface area contributed by atoms with Gasteiger partial charge < -0.3 is 29.9 Å². The van der Waals surface area contributed by atoms with E-state index in [4.69, 9.17) is 9.47 Å². The van der Waals surface area contributed by atoms with Crippen molar-refractivity contribution in [2.45, 2.75) is 83.6 Å². The van der Waals surface area contributed by atoms with Gasteiger partial charge in [-0.3, -0.25) is 9.59 Å². The molecule has 3 fully saturated rings. The molecule has 3 aliphatic carbocycles. The Morgan fingerprint density at radius 3 is 2.50 bits per heavy atom. The molecule has 34 heavy (non-hydrogen) atoms.